The van der Waals surface area contributed by atoms with Crippen molar-refractivity contribution in [2.75, 3.05) is 67.0 Å². The molecule has 1 aliphatic rings. The maximum absolute atomic E-state index is 5.96. The topological polar surface area (TPSA) is 88.8 Å². The number of rotatable bonds is 7. The fourth-order valence-electron chi connectivity index (χ4n) is 2.91. The minimum absolute atomic E-state index is 0.110. The lowest BCUT2D eigenvalue weighted by Gasteiger charge is -2.45. The molecule has 0 aromatic carbocycles. The van der Waals surface area contributed by atoms with Gasteiger partial charge in [0.2, 0.25) is 0 Å². The molecule has 0 aliphatic carbocycles. The third-order valence-corrected chi connectivity index (χ3v) is 5.38. The molecule has 0 radical (unpaired) electrons. The Labute approximate surface area is 160 Å². The predicted molar refractivity (Wildman–Crippen MR) is 112 cm³/mol. The van der Waals surface area contributed by atoms with Gasteiger partial charge in [0.05, 0.1) is 27.7 Å². The number of nitrogens with one attached hydrogen (secondary N) is 1. The highest BCUT2D eigenvalue weighted by Gasteiger charge is 2.35. The van der Waals surface area contributed by atoms with E-state index in [1.54, 1.807) is 0 Å². The summed E-state index contributed by atoms with van der Waals surface area (Å²) in [5, 5.41) is 2.88. The molecule has 1 fully saturated rings. The molecule has 152 valence electrons. The van der Waals surface area contributed by atoms with Crippen LogP contribution in [0.4, 0.5) is 0 Å². The highest BCUT2D eigenvalue weighted by atomic mass is 15.4. The molecule has 0 aromatic rings. The van der Waals surface area contributed by atoms with Crippen molar-refractivity contribution in [2.45, 2.75) is 34.1 Å². The molecule has 1 saturated heterocycles. The lowest BCUT2D eigenvalue weighted by atomic mass is 9.88. The lowest BCUT2D eigenvalue weighted by molar-refractivity contribution is -1.01. The number of hydrogen-bond donors (Lipinski definition) is 3. The van der Waals surface area contributed by atoms with Gasteiger partial charge in [-0.3, -0.25) is 15.3 Å². The Morgan fingerprint density at radius 3 is 2.08 bits per heavy atom. The van der Waals surface area contributed by atoms with Gasteiger partial charge >= 0.3 is 0 Å². The summed E-state index contributed by atoms with van der Waals surface area (Å²) >= 11 is 0. The third-order valence-electron chi connectivity index (χ3n) is 5.38. The van der Waals surface area contributed by atoms with Crippen molar-refractivity contribution < 1.29 is 8.97 Å². The van der Waals surface area contributed by atoms with E-state index in [9.17, 15) is 0 Å². The van der Waals surface area contributed by atoms with Gasteiger partial charge < -0.3 is 20.4 Å². The summed E-state index contributed by atoms with van der Waals surface area (Å²) in [6.07, 6.45) is 1.13. The summed E-state index contributed by atoms with van der Waals surface area (Å²) < 4.78 is 2.31. The second kappa shape index (κ2) is 9.04. The smallest absolute Gasteiger partial charge is 0.195 e. The van der Waals surface area contributed by atoms with Crippen molar-refractivity contribution in [2.24, 2.45) is 32.8 Å². The average molecular weight is 370 g/mol. The van der Waals surface area contributed by atoms with Crippen LogP contribution in [0.5, 0.6) is 0 Å². The van der Waals surface area contributed by atoms with Crippen LogP contribution in [-0.2, 0) is 0 Å². The summed E-state index contributed by atoms with van der Waals surface area (Å²) in [7, 11) is 7.04. The lowest BCUT2D eigenvalue weighted by Crippen LogP contribution is -2.62. The Balaban J connectivity index is 2.46. The molecule has 0 bridgehead atoms. The molecule has 1 heterocycles. The maximum atomic E-state index is 5.96. The zero-order valence-corrected chi connectivity index (χ0v) is 18.2. The highest BCUT2D eigenvalue weighted by molar-refractivity contribution is 5.97. The van der Waals surface area contributed by atoms with Gasteiger partial charge in [-0.2, -0.15) is 0 Å². The van der Waals surface area contributed by atoms with Crippen molar-refractivity contribution >= 4 is 11.9 Å². The number of guanidine groups is 2. The van der Waals surface area contributed by atoms with Crippen LogP contribution in [0.1, 0.15) is 34.1 Å². The Hall–Kier alpha value is -1.34. The number of likely N-dealkylation sites (N-methyl/N-ethyl adjacent to an activating group) is 2. The third kappa shape index (κ3) is 8.85. The van der Waals surface area contributed by atoms with Gasteiger partial charge in [0.1, 0.15) is 26.2 Å². The van der Waals surface area contributed by atoms with Crippen LogP contribution in [0, 0.1) is 11.3 Å². The van der Waals surface area contributed by atoms with E-state index in [0.717, 1.165) is 15.4 Å². The van der Waals surface area contributed by atoms with Gasteiger partial charge in [0.25, 0.3) is 0 Å². The Morgan fingerprint density at radius 1 is 1.00 bits per heavy atom. The van der Waals surface area contributed by atoms with Gasteiger partial charge in [-0.25, -0.2) is 0 Å². The van der Waals surface area contributed by atoms with Gasteiger partial charge in [0.15, 0.2) is 11.9 Å². The predicted octanol–water partition coefficient (Wildman–Crippen LogP) is 0.814. The number of piperazine rings is 1. The summed E-state index contributed by atoms with van der Waals surface area (Å²) in [5.74, 6) is 1.15. The average Bonchev–Trinajstić information content (AvgIpc) is 2.53. The zero-order chi connectivity index (χ0) is 20.0. The number of hydrogen-bond acceptors (Lipinski definition) is 2. The first-order valence-electron chi connectivity index (χ1n) is 9.85. The molecule has 5 N–H and O–H groups in total. The first-order chi connectivity index (χ1) is 11.8. The van der Waals surface area contributed by atoms with E-state index in [4.69, 9.17) is 11.5 Å². The van der Waals surface area contributed by atoms with E-state index in [-0.39, 0.29) is 5.41 Å². The standard InChI is InChI=1S/C19H43N7/c1-16(2)14-22-17(20)24-18(21)23-15-19(3,4)8-9-26(7)12-10-25(5,6)11-13-26/h16H,8-15H2,1-7H3,(H5,20,21,22,23,24)/q+2. The van der Waals surface area contributed by atoms with Gasteiger partial charge in [-0.1, -0.05) is 27.7 Å². The van der Waals surface area contributed by atoms with Gasteiger partial charge in [-0.05, 0) is 11.3 Å². The second-order valence-corrected chi connectivity index (χ2v) is 10.0. The Morgan fingerprint density at radius 2 is 1.54 bits per heavy atom. The molecule has 7 heteroatoms. The molecule has 1 rings (SSSR count). The maximum Gasteiger partial charge on any atom is 0.195 e. The number of quaternary nitrogens is 2. The largest absolute Gasteiger partial charge is 0.370 e. The van der Waals surface area contributed by atoms with Crippen LogP contribution in [0.25, 0.3) is 0 Å². The van der Waals surface area contributed by atoms with Crippen molar-refractivity contribution in [3.05, 3.63) is 0 Å². The molecular weight excluding hydrogens is 326 g/mol. The summed E-state index contributed by atoms with van der Waals surface area (Å²) in [4.78, 5) is 8.73. The Kier molecular flexibility index (Phi) is 7.89. The van der Waals surface area contributed by atoms with E-state index < -0.39 is 0 Å². The fraction of sp³-hybridized carbons (Fsp3) is 0.895. The molecule has 0 saturated carbocycles. The Bertz CT molecular complexity index is 496. The molecule has 7 nitrogen and oxygen atoms in total. The van der Waals surface area contributed by atoms with E-state index in [0.29, 0.717) is 30.9 Å². The van der Waals surface area contributed by atoms with Gasteiger partial charge in [-0.15, -0.1) is 0 Å². The van der Waals surface area contributed by atoms with Crippen LogP contribution in [0.2, 0.25) is 0 Å². The molecule has 0 aromatic heterocycles. The molecule has 0 amide bonds. The van der Waals surface area contributed by atoms with Crippen molar-refractivity contribution in [1.29, 1.82) is 0 Å². The van der Waals surface area contributed by atoms with Crippen molar-refractivity contribution in [3.8, 4) is 0 Å². The first kappa shape index (κ1) is 22.7. The van der Waals surface area contributed by atoms with Crippen LogP contribution < -0.4 is 16.8 Å². The molecule has 1 aliphatic heterocycles. The van der Waals surface area contributed by atoms with Crippen molar-refractivity contribution in [1.82, 2.24) is 5.32 Å². The molecular formula is C19H43N7+2. The van der Waals surface area contributed by atoms with E-state index >= 15 is 0 Å². The van der Waals surface area contributed by atoms with Crippen molar-refractivity contribution in [3.63, 3.8) is 0 Å². The van der Waals surface area contributed by atoms with Crippen LogP contribution in [0.15, 0.2) is 9.98 Å². The summed E-state index contributed by atoms with van der Waals surface area (Å²) in [5.41, 5.74) is 11.9. The number of nitrogens with zero attached hydrogens (tertiary/aromatic N) is 4. The summed E-state index contributed by atoms with van der Waals surface area (Å²) in [6.45, 7) is 16.3. The van der Waals surface area contributed by atoms with Crippen LogP contribution in [-0.4, -0.2) is 87.8 Å². The quantitative estimate of drug-likeness (QED) is 0.352. The SMILES string of the molecule is CC(C)CN=C(N)NC(N)=NCC(C)(C)CC[N+]1(C)CC[N+](C)(C)CC1. The minimum atomic E-state index is 0.110. The summed E-state index contributed by atoms with van der Waals surface area (Å²) in [6, 6.07) is 0. The first-order valence-corrected chi connectivity index (χ1v) is 9.85. The minimum Gasteiger partial charge on any atom is -0.370 e. The monoisotopic (exact) mass is 369 g/mol. The highest BCUT2D eigenvalue weighted by Crippen LogP contribution is 2.24. The van der Waals surface area contributed by atoms with Gasteiger partial charge in [0, 0.05) is 19.5 Å². The van der Waals surface area contributed by atoms with E-state index in [2.05, 4.69) is 64.1 Å². The van der Waals surface area contributed by atoms with E-state index in [1.165, 1.54) is 32.7 Å². The number of nitrogens with two attached hydrogens (primary N) is 2. The van der Waals surface area contributed by atoms with Crippen LogP contribution >= 0.6 is 0 Å². The molecule has 0 atom stereocenters. The second-order valence-electron chi connectivity index (χ2n) is 10.0. The number of aliphatic imine (C=N–C) groups is 2. The van der Waals surface area contributed by atoms with E-state index in [1.807, 2.05) is 0 Å². The van der Waals surface area contributed by atoms with Crippen LogP contribution in [0.3, 0.4) is 0 Å². The fourth-order valence-corrected chi connectivity index (χ4v) is 2.91. The zero-order valence-electron chi connectivity index (χ0n) is 18.2. The molecule has 0 spiro atoms. The molecule has 26 heavy (non-hydrogen) atoms. The normalized spacial score (nSPS) is 21.1. The molecule has 0 unspecified atom stereocenters.